The van der Waals surface area contributed by atoms with Crippen molar-refractivity contribution in [3.8, 4) is 5.75 Å². The van der Waals surface area contributed by atoms with Crippen LogP contribution in [0.1, 0.15) is 64.0 Å². The summed E-state index contributed by atoms with van der Waals surface area (Å²) < 4.78 is 37.8. The lowest BCUT2D eigenvalue weighted by atomic mass is 9.89. The Balaban J connectivity index is 1.45. The summed E-state index contributed by atoms with van der Waals surface area (Å²) >= 11 is 0. The van der Waals surface area contributed by atoms with E-state index in [0.29, 0.717) is 18.1 Å². The van der Waals surface area contributed by atoms with Crippen LogP contribution in [0.15, 0.2) is 47.4 Å². The average Bonchev–Trinajstić information content (AvgIpc) is 3.50. The minimum Gasteiger partial charge on any atom is -0.502 e. The molecule has 0 bridgehead atoms. The predicted molar refractivity (Wildman–Crippen MR) is 137 cm³/mol. The summed E-state index contributed by atoms with van der Waals surface area (Å²) in [4.78, 5) is 29.9. The van der Waals surface area contributed by atoms with Crippen LogP contribution < -0.4 is 15.3 Å². The first-order valence-corrected chi connectivity index (χ1v) is 13.4. The summed E-state index contributed by atoms with van der Waals surface area (Å²) in [5.74, 6) is -2.56. The van der Waals surface area contributed by atoms with Gasteiger partial charge in [-0.25, -0.2) is 8.78 Å². The van der Waals surface area contributed by atoms with Gasteiger partial charge in [0.25, 0.3) is 5.91 Å². The van der Waals surface area contributed by atoms with Crippen molar-refractivity contribution in [3.63, 3.8) is 0 Å². The zero-order valence-corrected chi connectivity index (χ0v) is 21.0. The lowest BCUT2D eigenvalue weighted by molar-refractivity contribution is -0.0196. The van der Waals surface area contributed by atoms with Crippen LogP contribution in [-0.2, 0) is 11.3 Å². The van der Waals surface area contributed by atoms with Crippen LogP contribution in [0.2, 0.25) is 0 Å². The van der Waals surface area contributed by atoms with E-state index in [-0.39, 0.29) is 37.0 Å². The predicted octanol–water partition coefficient (Wildman–Crippen LogP) is 3.34. The fraction of sp³-hybridized carbons (Fsp3) is 0.379. The molecular weight excluding hydrogens is 506 g/mol. The number of ether oxygens (including phenoxy) is 1. The Kier molecular flexibility index (Phi) is 4.75. The van der Waals surface area contributed by atoms with Gasteiger partial charge in [0.15, 0.2) is 23.1 Å². The minimum absolute atomic E-state index is 0.143. The van der Waals surface area contributed by atoms with Gasteiger partial charge in [0, 0.05) is 54.1 Å². The van der Waals surface area contributed by atoms with E-state index < -0.39 is 40.9 Å². The van der Waals surface area contributed by atoms with Gasteiger partial charge in [-0.05, 0) is 30.0 Å². The number of hydrogen-bond acceptors (Lipinski definition) is 6. The van der Waals surface area contributed by atoms with Crippen LogP contribution >= 0.6 is 0 Å². The van der Waals surface area contributed by atoms with Crippen molar-refractivity contribution >= 4 is 11.6 Å². The van der Waals surface area contributed by atoms with Gasteiger partial charge >= 0.3 is 0 Å². The average molecular weight is 533 g/mol. The number of para-hydroxylation sites is 1. The fourth-order valence-electron chi connectivity index (χ4n) is 7.65. The monoisotopic (exact) mass is 532 g/mol. The molecule has 1 saturated carbocycles. The molecule has 1 aromatic heterocycles. The molecule has 2 unspecified atom stereocenters. The highest BCUT2D eigenvalue weighted by Gasteiger charge is 2.50. The molecule has 10 heteroatoms. The topological polar surface area (TPSA) is 78.2 Å². The molecule has 0 radical (unpaired) electrons. The number of morpholine rings is 1. The van der Waals surface area contributed by atoms with Gasteiger partial charge in [-0.15, -0.1) is 0 Å². The summed E-state index contributed by atoms with van der Waals surface area (Å²) in [5.41, 5.74) is 3.21. The van der Waals surface area contributed by atoms with E-state index in [2.05, 4.69) is 11.0 Å². The number of benzene rings is 2. The zero-order valence-electron chi connectivity index (χ0n) is 21.0. The third kappa shape index (κ3) is 2.95. The van der Waals surface area contributed by atoms with Crippen LogP contribution in [0.3, 0.4) is 0 Å². The second-order valence-corrected chi connectivity index (χ2v) is 11.0. The SMILES string of the molecule is O=C1c2c(O)c(=O)ccn2N([C@H]2c3ccc(F)c(F)c3CN3c4c(cccc42)C2CCCC23)[C@@H]2COCCN12. The van der Waals surface area contributed by atoms with Crippen molar-refractivity contribution in [2.75, 3.05) is 29.7 Å². The first-order valence-electron chi connectivity index (χ1n) is 13.4. The van der Waals surface area contributed by atoms with Gasteiger partial charge in [0.05, 0.1) is 13.2 Å². The number of pyridine rings is 1. The highest BCUT2D eigenvalue weighted by atomic mass is 19.2. The first-order chi connectivity index (χ1) is 19.0. The molecule has 1 N–H and O–H groups in total. The molecule has 8 rings (SSSR count). The number of carbonyl (C=O) groups is 1. The fourth-order valence-corrected chi connectivity index (χ4v) is 7.65. The maximum Gasteiger partial charge on any atom is 0.278 e. The van der Waals surface area contributed by atoms with Crippen molar-refractivity contribution in [3.05, 3.63) is 92.4 Å². The largest absolute Gasteiger partial charge is 0.502 e. The molecule has 0 spiro atoms. The van der Waals surface area contributed by atoms with E-state index in [1.54, 1.807) is 11.0 Å². The van der Waals surface area contributed by atoms with Crippen molar-refractivity contribution < 1.29 is 23.4 Å². The van der Waals surface area contributed by atoms with Gasteiger partial charge in [0.1, 0.15) is 12.2 Å². The zero-order chi connectivity index (χ0) is 26.6. The molecule has 1 aliphatic carbocycles. The number of fused-ring (bicyclic) bond motifs is 6. The number of hydrogen-bond donors (Lipinski definition) is 1. The van der Waals surface area contributed by atoms with E-state index in [1.165, 1.54) is 22.5 Å². The number of carbonyl (C=O) groups excluding carboxylic acids is 1. The Bertz CT molecular complexity index is 1620. The van der Waals surface area contributed by atoms with Crippen LogP contribution in [0.25, 0.3) is 0 Å². The number of halogens is 2. The number of nitrogens with zero attached hydrogens (tertiary/aromatic N) is 4. The summed E-state index contributed by atoms with van der Waals surface area (Å²) in [6.07, 6.45) is 3.98. The highest BCUT2D eigenvalue weighted by molar-refractivity contribution is 5.96. The Morgan fingerprint density at radius 1 is 0.974 bits per heavy atom. The molecule has 1 amide bonds. The molecule has 5 heterocycles. The summed E-state index contributed by atoms with van der Waals surface area (Å²) in [6, 6.07) is 9.71. The Morgan fingerprint density at radius 2 is 1.82 bits per heavy atom. The molecule has 8 nitrogen and oxygen atoms in total. The molecular formula is C29H26F2N4O4. The van der Waals surface area contributed by atoms with E-state index in [1.807, 2.05) is 17.1 Å². The van der Waals surface area contributed by atoms with Crippen LogP contribution in [-0.4, -0.2) is 52.6 Å². The molecule has 2 aromatic carbocycles. The van der Waals surface area contributed by atoms with Crippen molar-refractivity contribution in [2.24, 2.45) is 0 Å². The van der Waals surface area contributed by atoms with E-state index in [4.69, 9.17) is 4.74 Å². The summed E-state index contributed by atoms with van der Waals surface area (Å²) in [5, 5.41) is 12.7. The molecule has 2 fully saturated rings. The lowest BCUT2D eigenvalue weighted by Crippen LogP contribution is -2.66. The third-order valence-electron chi connectivity index (χ3n) is 9.25. The molecule has 4 aliphatic heterocycles. The van der Waals surface area contributed by atoms with Gasteiger partial charge in [-0.2, -0.15) is 0 Å². The number of aromatic nitrogens is 1. The maximum atomic E-state index is 15.7. The maximum absolute atomic E-state index is 15.7. The number of rotatable bonds is 1. The lowest BCUT2D eigenvalue weighted by Gasteiger charge is -2.51. The molecule has 4 atom stereocenters. The Hall–Kier alpha value is -3.92. The van der Waals surface area contributed by atoms with Crippen molar-refractivity contribution in [2.45, 2.75) is 50.0 Å². The Morgan fingerprint density at radius 3 is 2.69 bits per heavy atom. The molecule has 5 aliphatic rings. The van der Waals surface area contributed by atoms with E-state index in [0.717, 1.165) is 36.6 Å². The van der Waals surface area contributed by atoms with E-state index in [9.17, 15) is 19.1 Å². The molecule has 39 heavy (non-hydrogen) atoms. The van der Waals surface area contributed by atoms with Crippen LogP contribution in [0, 0.1) is 11.6 Å². The standard InChI is InChI=1S/C29H26F2N4O4/c30-20-8-7-17-19(24(20)31)13-33-21-6-2-3-15(21)16-4-1-5-18(25(16)33)26(17)35-23-14-39-12-11-32(23)29(38)27-28(37)22(36)9-10-34(27)35/h1,4-5,7-10,15,21,23,26,37H,2-3,6,11-14H2/t15?,21?,23-,26+/m1/s1. The number of aromatic hydroxyl groups is 1. The summed E-state index contributed by atoms with van der Waals surface area (Å²) in [7, 11) is 0. The van der Waals surface area contributed by atoms with Crippen molar-refractivity contribution in [1.82, 2.24) is 9.58 Å². The van der Waals surface area contributed by atoms with Crippen LogP contribution in [0.4, 0.5) is 14.5 Å². The first kappa shape index (κ1) is 23.0. The number of amides is 1. The molecule has 200 valence electrons. The molecule has 1 saturated heterocycles. The summed E-state index contributed by atoms with van der Waals surface area (Å²) in [6.45, 7) is 0.994. The van der Waals surface area contributed by atoms with Crippen LogP contribution in [0.5, 0.6) is 5.75 Å². The second kappa shape index (κ2) is 8.05. The van der Waals surface area contributed by atoms with Crippen molar-refractivity contribution in [1.29, 1.82) is 0 Å². The third-order valence-corrected chi connectivity index (χ3v) is 9.25. The second-order valence-electron chi connectivity index (χ2n) is 11.0. The van der Waals surface area contributed by atoms with Gasteiger partial charge < -0.3 is 19.6 Å². The molecule has 3 aromatic rings. The quantitative estimate of drug-likeness (QED) is 0.518. The number of anilines is 1. The normalized spacial score (nSPS) is 26.5. The van der Waals surface area contributed by atoms with Gasteiger partial charge in [-0.3, -0.25) is 19.3 Å². The minimum atomic E-state index is -0.904. The van der Waals surface area contributed by atoms with E-state index >= 15 is 4.39 Å². The van der Waals surface area contributed by atoms with Gasteiger partial charge in [-0.1, -0.05) is 30.7 Å². The smallest absolute Gasteiger partial charge is 0.278 e. The van der Waals surface area contributed by atoms with Gasteiger partial charge in [0.2, 0.25) is 5.43 Å². The highest BCUT2D eigenvalue weighted by Crippen LogP contribution is 2.55. The Labute approximate surface area is 222 Å².